The number of halogens is 1. The number of fused-ring (bicyclic) bond motifs is 1. The number of carbonyl (C=O) groups is 1. The molecule has 0 saturated carbocycles. The van der Waals surface area contributed by atoms with E-state index in [2.05, 4.69) is 65.0 Å². The second-order valence-corrected chi connectivity index (χ2v) is 24.7. The molecule has 3 rings (SSSR count). The number of pyridine rings is 1. The Balaban J connectivity index is 2.22. The summed E-state index contributed by atoms with van der Waals surface area (Å²) in [5.41, 5.74) is 2.30. The predicted octanol–water partition coefficient (Wildman–Crippen LogP) is 9.48. The average molecular weight is 642 g/mol. The molecule has 1 amide bonds. The van der Waals surface area contributed by atoms with Gasteiger partial charge in [0.05, 0.1) is 0 Å². The fourth-order valence-corrected chi connectivity index (χ4v) is 21.7. The molecule has 38 heavy (non-hydrogen) atoms. The van der Waals surface area contributed by atoms with Crippen LogP contribution in [0.25, 0.3) is 22.0 Å². The Hall–Kier alpha value is -1.59. The predicted molar refractivity (Wildman–Crippen MR) is 169 cm³/mol. The van der Waals surface area contributed by atoms with Crippen molar-refractivity contribution >= 4 is 50.2 Å². The van der Waals surface area contributed by atoms with Crippen LogP contribution < -0.4 is 3.58 Å². The molecular formula is C33H47ClN2OSn. The van der Waals surface area contributed by atoms with E-state index in [-0.39, 0.29) is 11.9 Å². The summed E-state index contributed by atoms with van der Waals surface area (Å²) in [5.74, 6) is -0.0408. The van der Waals surface area contributed by atoms with Gasteiger partial charge in [-0.25, -0.2) is 0 Å². The van der Waals surface area contributed by atoms with E-state index in [0.29, 0.717) is 10.7 Å². The quantitative estimate of drug-likeness (QED) is 0.164. The van der Waals surface area contributed by atoms with Crippen molar-refractivity contribution in [3.8, 4) is 11.3 Å². The minimum atomic E-state index is -2.68. The molecule has 0 fully saturated rings. The first-order valence-electron chi connectivity index (χ1n) is 14.8. The van der Waals surface area contributed by atoms with E-state index in [0.717, 1.165) is 28.5 Å². The van der Waals surface area contributed by atoms with Crippen LogP contribution in [0.5, 0.6) is 0 Å². The molecule has 3 nitrogen and oxygen atoms in total. The number of hydrogen-bond acceptors (Lipinski definition) is 2. The average Bonchev–Trinajstić information content (AvgIpc) is 2.95. The SMILES string of the molecule is CCC[CH2][Sn]([CH2]CCC)([CH2]CCC)[c]1ccc(Cl)c(-c2nc(C(=O)N(C)C(C)CC)cc3ccccc23)c1. The second-order valence-electron chi connectivity index (χ2n) is 11.0. The number of carbonyl (C=O) groups excluding carboxylic acids is 1. The zero-order valence-electron chi connectivity index (χ0n) is 24.4. The molecule has 0 spiro atoms. The molecule has 1 heterocycles. The number of unbranched alkanes of at least 4 members (excludes halogenated alkanes) is 3. The Labute approximate surface area is 240 Å². The maximum absolute atomic E-state index is 13.5. The van der Waals surface area contributed by atoms with Crippen LogP contribution in [0.4, 0.5) is 0 Å². The molecule has 0 bridgehead atoms. The van der Waals surface area contributed by atoms with Gasteiger partial charge in [-0.1, -0.05) is 0 Å². The number of rotatable bonds is 14. The van der Waals surface area contributed by atoms with Crippen molar-refractivity contribution in [1.82, 2.24) is 9.88 Å². The molecule has 0 aliphatic rings. The summed E-state index contributed by atoms with van der Waals surface area (Å²) in [6.45, 7) is 11.1. The van der Waals surface area contributed by atoms with Crippen LogP contribution >= 0.6 is 11.6 Å². The molecule has 0 aliphatic carbocycles. The monoisotopic (exact) mass is 642 g/mol. The number of nitrogens with zero attached hydrogens (tertiary/aromatic N) is 2. The van der Waals surface area contributed by atoms with Gasteiger partial charge in [0, 0.05) is 0 Å². The van der Waals surface area contributed by atoms with Gasteiger partial charge in [-0.3, -0.25) is 0 Å². The summed E-state index contributed by atoms with van der Waals surface area (Å²) in [6.07, 6.45) is 8.59. The van der Waals surface area contributed by atoms with Gasteiger partial charge in [0.2, 0.25) is 0 Å². The van der Waals surface area contributed by atoms with Crippen LogP contribution in [-0.2, 0) is 0 Å². The fraction of sp³-hybridized carbons (Fsp3) is 0.515. The molecule has 3 aromatic rings. The first kappa shape index (κ1) is 30.9. The Kier molecular flexibility index (Phi) is 12.0. The molecule has 206 valence electrons. The van der Waals surface area contributed by atoms with Crippen molar-refractivity contribution in [3.05, 3.63) is 59.2 Å². The van der Waals surface area contributed by atoms with Crippen LogP contribution in [0.3, 0.4) is 0 Å². The van der Waals surface area contributed by atoms with E-state index in [9.17, 15) is 4.79 Å². The second kappa shape index (κ2) is 14.7. The Bertz CT molecular complexity index is 1190. The molecule has 1 aromatic heterocycles. The van der Waals surface area contributed by atoms with Gasteiger partial charge in [-0.15, -0.1) is 0 Å². The number of benzene rings is 2. The summed E-state index contributed by atoms with van der Waals surface area (Å²) in [7, 11) is 1.87. The third-order valence-corrected chi connectivity index (χ3v) is 24.3. The van der Waals surface area contributed by atoms with Gasteiger partial charge in [0.1, 0.15) is 0 Å². The van der Waals surface area contributed by atoms with E-state index in [1.807, 2.05) is 25.2 Å². The summed E-state index contributed by atoms with van der Waals surface area (Å²) in [5, 5.41) is 2.79. The zero-order valence-corrected chi connectivity index (χ0v) is 28.1. The van der Waals surface area contributed by atoms with Crippen LogP contribution in [0.1, 0.15) is 90.1 Å². The Morgan fingerprint density at radius 3 is 2.11 bits per heavy atom. The van der Waals surface area contributed by atoms with E-state index in [1.54, 1.807) is 8.48 Å². The summed E-state index contributed by atoms with van der Waals surface area (Å²) in [6, 6.07) is 17.2. The first-order chi connectivity index (χ1) is 18.3. The third kappa shape index (κ3) is 7.13. The van der Waals surface area contributed by atoms with Gasteiger partial charge in [-0.05, 0) is 0 Å². The molecule has 0 aliphatic heterocycles. The molecule has 1 unspecified atom stereocenters. The topological polar surface area (TPSA) is 33.2 Å². The van der Waals surface area contributed by atoms with Crippen molar-refractivity contribution in [2.75, 3.05) is 7.05 Å². The molecular weight excluding hydrogens is 595 g/mol. The molecule has 5 heteroatoms. The van der Waals surface area contributed by atoms with E-state index in [1.165, 1.54) is 51.8 Å². The van der Waals surface area contributed by atoms with E-state index in [4.69, 9.17) is 16.6 Å². The maximum atomic E-state index is 13.5. The molecule has 1 atom stereocenters. The van der Waals surface area contributed by atoms with Crippen LogP contribution in [0.2, 0.25) is 18.3 Å². The van der Waals surface area contributed by atoms with E-state index >= 15 is 0 Å². The van der Waals surface area contributed by atoms with Gasteiger partial charge in [0.25, 0.3) is 0 Å². The van der Waals surface area contributed by atoms with Crippen molar-refractivity contribution in [1.29, 1.82) is 0 Å². The Morgan fingerprint density at radius 2 is 1.53 bits per heavy atom. The third-order valence-electron chi connectivity index (χ3n) is 8.39. The van der Waals surface area contributed by atoms with E-state index < -0.39 is 18.4 Å². The Morgan fingerprint density at radius 1 is 0.921 bits per heavy atom. The van der Waals surface area contributed by atoms with Gasteiger partial charge in [0.15, 0.2) is 0 Å². The first-order valence-corrected chi connectivity index (χ1v) is 22.6. The normalized spacial score (nSPS) is 12.6. The molecule has 2 aromatic carbocycles. The molecule has 0 N–H and O–H groups in total. The minimum absolute atomic E-state index is 0.0408. The van der Waals surface area contributed by atoms with Crippen LogP contribution in [0, 0.1) is 0 Å². The zero-order chi connectivity index (χ0) is 27.7. The summed E-state index contributed by atoms with van der Waals surface area (Å²) in [4.78, 5) is 20.3. The number of hydrogen-bond donors (Lipinski definition) is 0. The van der Waals surface area contributed by atoms with Gasteiger partial charge in [-0.2, -0.15) is 0 Å². The van der Waals surface area contributed by atoms with Crippen molar-refractivity contribution in [2.24, 2.45) is 0 Å². The van der Waals surface area contributed by atoms with Gasteiger partial charge < -0.3 is 0 Å². The summed E-state index contributed by atoms with van der Waals surface area (Å²) >= 11 is 4.27. The standard InChI is InChI=1S/C21H20ClN2O.3C4H9.Sn/c1-4-14(2)24(3)21(25)19-13-15-9-5-6-10-16(15)20(23-19)17-11-7-8-12-18(17)22;3*1-3-4-2;/h5-6,8-14H,4H2,1-3H3;3*1,3-4H2,2H3;. The van der Waals surface area contributed by atoms with Crippen LogP contribution in [-0.4, -0.2) is 47.3 Å². The summed E-state index contributed by atoms with van der Waals surface area (Å²) < 4.78 is 5.78. The van der Waals surface area contributed by atoms with Crippen molar-refractivity contribution in [2.45, 2.75) is 98.9 Å². The van der Waals surface area contributed by atoms with Crippen molar-refractivity contribution in [3.63, 3.8) is 0 Å². The number of aromatic nitrogens is 1. The number of amides is 1. The fourth-order valence-electron chi connectivity index (χ4n) is 5.56. The molecule has 0 saturated heterocycles. The van der Waals surface area contributed by atoms with Gasteiger partial charge >= 0.3 is 241 Å². The van der Waals surface area contributed by atoms with Crippen LogP contribution in [0.15, 0.2) is 48.5 Å². The molecule has 0 radical (unpaired) electrons. The van der Waals surface area contributed by atoms with Crippen molar-refractivity contribution < 1.29 is 4.79 Å².